The first-order valence-electron chi connectivity index (χ1n) is 6.33. The highest BCUT2D eigenvalue weighted by Crippen LogP contribution is 2.28. The lowest BCUT2D eigenvalue weighted by atomic mass is 10.1. The molecule has 0 saturated carbocycles. The maximum absolute atomic E-state index is 11.9. The van der Waals surface area contributed by atoms with Crippen molar-refractivity contribution < 1.29 is 9.53 Å². The molecule has 2 aromatic rings. The fraction of sp³-hybridized carbons (Fsp3) is 0.188. The van der Waals surface area contributed by atoms with Crippen molar-refractivity contribution in [3.8, 4) is 5.75 Å². The Hall–Kier alpha value is -1.32. The van der Waals surface area contributed by atoms with Crippen LogP contribution in [0.4, 0.5) is 0 Å². The van der Waals surface area contributed by atoms with E-state index >= 15 is 0 Å². The average Bonchev–Trinajstić information content (AvgIpc) is 2.46. The predicted molar refractivity (Wildman–Crippen MR) is 84.7 cm³/mol. The predicted octanol–water partition coefficient (Wildman–Crippen LogP) is 5.14. The highest BCUT2D eigenvalue weighted by molar-refractivity contribution is 9.10. The minimum Gasteiger partial charge on any atom is -0.492 e. The van der Waals surface area contributed by atoms with Crippen LogP contribution < -0.4 is 4.74 Å². The second kappa shape index (κ2) is 7.46. The molecule has 0 aromatic heterocycles. The second-order valence-electron chi connectivity index (χ2n) is 4.32. The Kier molecular flexibility index (Phi) is 5.62. The summed E-state index contributed by atoms with van der Waals surface area (Å²) >= 11 is 9.25. The van der Waals surface area contributed by atoms with Crippen LogP contribution in [0, 0.1) is 0 Å². The van der Waals surface area contributed by atoms with E-state index in [0.29, 0.717) is 24.5 Å². The molecular formula is C16H14BrClO2. The molecule has 2 rings (SSSR count). The van der Waals surface area contributed by atoms with Crippen molar-refractivity contribution in [2.75, 3.05) is 6.61 Å². The van der Waals surface area contributed by atoms with Gasteiger partial charge in [-0.25, -0.2) is 0 Å². The summed E-state index contributed by atoms with van der Waals surface area (Å²) in [4.78, 5) is 11.9. The molecule has 20 heavy (non-hydrogen) atoms. The molecule has 0 radical (unpaired) electrons. The largest absolute Gasteiger partial charge is 0.492 e. The zero-order chi connectivity index (χ0) is 14.4. The molecule has 0 atom stereocenters. The summed E-state index contributed by atoms with van der Waals surface area (Å²) < 4.78 is 6.44. The van der Waals surface area contributed by atoms with Crippen LogP contribution in [0.3, 0.4) is 0 Å². The van der Waals surface area contributed by atoms with Crippen molar-refractivity contribution in [3.63, 3.8) is 0 Å². The number of ether oxygens (including phenoxy) is 1. The van der Waals surface area contributed by atoms with Gasteiger partial charge in [0.1, 0.15) is 5.75 Å². The highest BCUT2D eigenvalue weighted by atomic mass is 79.9. The maximum atomic E-state index is 11.9. The molecule has 0 unspecified atom stereocenters. The third-order valence-electron chi connectivity index (χ3n) is 2.80. The van der Waals surface area contributed by atoms with E-state index in [2.05, 4.69) is 15.9 Å². The standard InChI is InChI=1S/C16H14BrClO2/c17-14-11-13(18)8-9-16(14)20-10-4-7-15(19)12-5-2-1-3-6-12/h1-3,5-6,8-9,11H,4,7,10H2. The van der Waals surface area contributed by atoms with Crippen LogP contribution in [-0.2, 0) is 0 Å². The number of rotatable bonds is 6. The van der Waals surface area contributed by atoms with Crippen LogP contribution in [0.2, 0.25) is 5.02 Å². The molecule has 0 saturated heterocycles. The summed E-state index contributed by atoms with van der Waals surface area (Å²) in [5.41, 5.74) is 0.750. The Bertz CT molecular complexity index is 584. The SMILES string of the molecule is O=C(CCCOc1ccc(Cl)cc1Br)c1ccccc1. The fourth-order valence-electron chi connectivity index (χ4n) is 1.78. The number of ketones is 1. The molecule has 2 nitrogen and oxygen atoms in total. The van der Waals surface area contributed by atoms with E-state index in [1.54, 1.807) is 12.1 Å². The smallest absolute Gasteiger partial charge is 0.163 e. The molecule has 0 aliphatic carbocycles. The Morgan fingerprint density at radius 1 is 1.15 bits per heavy atom. The van der Waals surface area contributed by atoms with Gasteiger partial charge in [0.25, 0.3) is 0 Å². The van der Waals surface area contributed by atoms with Crippen LogP contribution in [0.1, 0.15) is 23.2 Å². The van der Waals surface area contributed by atoms with Gasteiger partial charge in [0.05, 0.1) is 11.1 Å². The molecule has 0 fully saturated rings. The molecule has 0 amide bonds. The van der Waals surface area contributed by atoms with Crippen LogP contribution in [0.25, 0.3) is 0 Å². The van der Waals surface area contributed by atoms with Gasteiger partial charge in [-0.05, 0) is 40.5 Å². The van der Waals surface area contributed by atoms with Gasteiger partial charge >= 0.3 is 0 Å². The third-order valence-corrected chi connectivity index (χ3v) is 3.65. The van der Waals surface area contributed by atoms with Crippen LogP contribution in [0.5, 0.6) is 5.75 Å². The van der Waals surface area contributed by atoms with Gasteiger partial charge in [-0.3, -0.25) is 4.79 Å². The maximum Gasteiger partial charge on any atom is 0.163 e. The van der Waals surface area contributed by atoms with Crippen molar-refractivity contribution in [2.24, 2.45) is 0 Å². The van der Waals surface area contributed by atoms with E-state index in [9.17, 15) is 4.79 Å². The first-order valence-corrected chi connectivity index (χ1v) is 7.50. The lowest BCUT2D eigenvalue weighted by Gasteiger charge is -2.08. The average molecular weight is 354 g/mol. The van der Waals surface area contributed by atoms with E-state index < -0.39 is 0 Å². The van der Waals surface area contributed by atoms with Crippen LogP contribution >= 0.6 is 27.5 Å². The number of carbonyl (C=O) groups excluding carboxylic acids is 1. The van der Waals surface area contributed by atoms with Crippen LogP contribution in [0.15, 0.2) is 53.0 Å². The molecule has 2 aromatic carbocycles. The monoisotopic (exact) mass is 352 g/mol. The summed E-state index contributed by atoms with van der Waals surface area (Å²) in [6, 6.07) is 14.7. The van der Waals surface area contributed by atoms with Crippen LogP contribution in [-0.4, -0.2) is 12.4 Å². The van der Waals surface area contributed by atoms with E-state index in [-0.39, 0.29) is 5.78 Å². The molecule has 104 valence electrons. The zero-order valence-corrected chi connectivity index (χ0v) is 13.2. The Labute approximate surface area is 131 Å². The van der Waals surface area contributed by atoms with Gasteiger partial charge in [0, 0.05) is 17.0 Å². The number of carbonyl (C=O) groups is 1. The summed E-state index contributed by atoms with van der Waals surface area (Å²) in [6.07, 6.45) is 1.16. The van der Waals surface area contributed by atoms with E-state index in [1.165, 1.54) is 0 Å². The number of hydrogen-bond acceptors (Lipinski definition) is 2. The lowest BCUT2D eigenvalue weighted by Crippen LogP contribution is -2.04. The number of benzene rings is 2. The topological polar surface area (TPSA) is 26.3 Å². The minimum absolute atomic E-state index is 0.143. The Morgan fingerprint density at radius 3 is 2.60 bits per heavy atom. The first-order chi connectivity index (χ1) is 9.66. The third kappa shape index (κ3) is 4.36. The van der Waals surface area contributed by atoms with E-state index in [1.807, 2.05) is 36.4 Å². The summed E-state index contributed by atoms with van der Waals surface area (Å²) in [5.74, 6) is 0.880. The number of Topliss-reactive ketones (excluding diaryl/α,β-unsaturated/α-hetero) is 1. The number of halogens is 2. The summed E-state index contributed by atoms with van der Waals surface area (Å²) in [7, 11) is 0. The quantitative estimate of drug-likeness (QED) is 0.530. The van der Waals surface area contributed by atoms with Crippen molar-refractivity contribution >= 4 is 33.3 Å². The molecule has 0 aliphatic rings. The molecule has 0 spiro atoms. The molecular weight excluding hydrogens is 340 g/mol. The highest BCUT2D eigenvalue weighted by Gasteiger charge is 2.06. The van der Waals surface area contributed by atoms with Crippen molar-refractivity contribution in [2.45, 2.75) is 12.8 Å². The number of hydrogen-bond donors (Lipinski definition) is 0. The molecule has 0 bridgehead atoms. The lowest BCUT2D eigenvalue weighted by molar-refractivity contribution is 0.0973. The molecule has 4 heteroatoms. The normalized spacial score (nSPS) is 10.3. The van der Waals surface area contributed by atoms with Gasteiger partial charge in [0.2, 0.25) is 0 Å². The van der Waals surface area contributed by atoms with Gasteiger partial charge in [0.15, 0.2) is 5.78 Å². The van der Waals surface area contributed by atoms with Gasteiger partial charge < -0.3 is 4.74 Å². The van der Waals surface area contributed by atoms with E-state index in [0.717, 1.165) is 15.8 Å². The first kappa shape index (κ1) is 15.1. The molecule has 0 heterocycles. The van der Waals surface area contributed by atoms with Crippen molar-refractivity contribution in [3.05, 3.63) is 63.6 Å². The van der Waals surface area contributed by atoms with Gasteiger partial charge in [-0.15, -0.1) is 0 Å². The van der Waals surface area contributed by atoms with Gasteiger partial charge in [-0.2, -0.15) is 0 Å². The van der Waals surface area contributed by atoms with E-state index in [4.69, 9.17) is 16.3 Å². The summed E-state index contributed by atoms with van der Waals surface area (Å²) in [6.45, 7) is 0.499. The summed E-state index contributed by atoms with van der Waals surface area (Å²) in [5, 5.41) is 0.656. The zero-order valence-electron chi connectivity index (χ0n) is 10.8. The van der Waals surface area contributed by atoms with Crippen molar-refractivity contribution in [1.82, 2.24) is 0 Å². The molecule has 0 aliphatic heterocycles. The second-order valence-corrected chi connectivity index (χ2v) is 5.61. The van der Waals surface area contributed by atoms with Crippen molar-refractivity contribution in [1.29, 1.82) is 0 Å². The fourth-order valence-corrected chi connectivity index (χ4v) is 2.57. The van der Waals surface area contributed by atoms with Gasteiger partial charge in [-0.1, -0.05) is 41.9 Å². The minimum atomic E-state index is 0.143. The Balaban J connectivity index is 1.78. The Morgan fingerprint density at radius 2 is 1.90 bits per heavy atom. The molecule has 0 N–H and O–H groups in total.